The maximum absolute atomic E-state index is 12.4. The third-order valence-electron chi connectivity index (χ3n) is 4.15. The normalized spacial score (nSPS) is 10.6. The summed E-state index contributed by atoms with van der Waals surface area (Å²) in [6.45, 7) is 4.23. The lowest BCUT2D eigenvalue weighted by Gasteiger charge is -2.12. The maximum Gasteiger partial charge on any atom is 0.271 e. The summed E-state index contributed by atoms with van der Waals surface area (Å²) >= 11 is 1.50. The smallest absolute Gasteiger partial charge is 0.271 e. The number of aromatic nitrogens is 2. The zero-order valence-corrected chi connectivity index (χ0v) is 15.9. The molecule has 1 amide bonds. The molecule has 0 atom stereocenters. The van der Waals surface area contributed by atoms with Gasteiger partial charge in [0, 0.05) is 29.1 Å². The highest BCUT2D eigenvalue weighted by Gasteiger charge is 2.14. The molecular formula is C20H21N3O2S. The van der Waals surface area contributed by atoms with Crippen LogP contribution in [0.1, 0.15) is 37.9 Å². The average molecular weight is 367 g/mol. The molecular weight excluding hydrogens is 346 g/mol. The molecule has 0 unspecified atom stereocenters. The van der Waals surface area contributed by atoms with Crippen molar-refractivity contribution in [2.24, 2.45) is 0 Å². The van der Waals surface area contributed by atoms with Crippen molar-refractivity contribution in [3.05, 3.63) is 75.0 Å². The third kappa shape index (κ3) is 4.08. The van der Waals surface area contributed by atoms with Crippen LogP contribution in [0.3, 0.4) is 0 Å². The van der Waals surface area contributed by atoms with Gasteiger partial charge >= 0.3 is 0 Å². The Morgan fingerprint density at radius 3 is 2.73 bits per heavy atom. The number of hydrogen-bond acceptors (Lipinski definition) is 5. The van der Waals surface area contributed by atoms with Crippen LogP contribution >= 0.6 is 11.3 Å². The maximum atomic E-state index is 12.4. The van der Waals surface area contributed by atoms with Crippen LogP contribution in [-0.4, -0.2) is 23.0 Å². The van der Waals surface area contributed by atoms with Gasteiger partial charge in [-0.2, -0.15) is 0 Å². The van der Waals surface area contributed by atoms with E-state index in [-0.39, 0.29) is 5.91 Å². The summed E-state index contributed by atoms with van der Waals surface area (Å²) in [4.78, 5) is 21.2. The molecule has 0 spiro atoms. The fourth-order valence-electron chi connectivity index (χ4n) is 2.77. The van der Waals surface area contributed by atoms with Crippen molar-refractivity contribution in [3.8, 4) is 5.75 Å². The molecule has 0 bridgehead atoms. The van der Waals surface area contributed by atoms with Crippen molar-refractivity contribution in [1.29, 1.82) is 0 Å². The predicted molar refractivity (Wildman–Crippen MR) is 103 cm³/mol. The number of benzene rings is 1. The molecule has 1 aromatic carbocycles. The lowest BCUT2D eigenvalue weighted by Crippen LogP contribution is -2.24. The van der Waals surface area contributed by atoms with Crippen LogP contribution in [0.25, 0.3) is 0 Å². The second-order valence-electron chi connectivity index (χ2n) is 6.02. The van der Waals surface area contributed by atoms with E-state index in [1.54, 1.807) is 18.7 Å². The molecule has 0 aliphatic heterocycles. The van der Waals surface area contributed by atoms with E-state index < -0.39 is 0 Å². The van der Waals surface area contributed by atoms with Gasteiger partial charge in [0.25, 0.3) is 5.91 Å². The molecule has 0 saturated carbocycles. The summed E-state index contributed by atoms with van der Waals surface area (Å²) in [6, 6.07) is 10.1. The molecule has 26 heavy (non-hydrogen) atoms. The molecule has 5 nitrogen and oxygen atoms in total. The Morgan fingerprint density at radius 1 is 1.23 bits per heavy atom. The number of carbonyl (C=O) groups is 1. The summed E-state index contributed by atoms with van der Waals surface area (Å²) in [5.41, 5.74) is 4.33. The first-order valence-corrected chi connectivity index (χ1v) is 9.22. The Hall–Kier alpha value is -2.73. The van der Waals surface area contributed by atoms with Gasteiger partial charge < -0.3 is 10.1 Å². The van der Waals surface area contributed by atoms with Crippen LogP contribution in [0, 0.1) is 13.8 Å². The Bertz CT molecular complexity index is 907. The Labute approximate surface area is 157 Å². The van der Waals surface area contributed by atoms with Crippen molar-refractivity contribution in [3.63, 3.8) is 0 Å². The lowest BCUT2D eigenvalue weighted by molar-refractivity contribution is 0.0946. The van der Waals surface area contributed by atoms with E-state index in [0.29, 0.717) is 12.2 Å². The quantitative estimate of drug-likeness (QED) is 0.722. The van der Waals surface area contributed by atoms with Crippen LogP contribution < -0.4 is 10.1 Å². The molecule has 134 valence electrons. The number of hydrogen-bond donors (Lipinski definition) is 1. The number of methoxy groups -OCH3 is 1. The van der Waals surface area contributed by atoms with Crippen LogP contribution in [0.5, 0.6) is 5.75 Å². The first-order chi connectivity index (χ1) is 12.6. The summed E-state index contributed by atoms with van der Waals surface area (Å²) in [7, 11) is 1.64. The highest BCUT2D eigenvalue weighted by Crippen LogP contribution is 2.24. The van der Waals surface area contributed by atoms with Gasteiger partial charge in [-0.25, -0.2) is 4.98 Å². The van der Waals surface area contributed by atoms with Gasteiger partial charge in [-0.1, -0.05) is 30.3 Å². The minimum Gasteiger partial charge on any atom is -0.496 e. The Balaban J connectivity index is 1.64. The lowest BCUT2D eigenvalue weighted by atomic mass is 10.1. The molecule has 1 N–H and O–H groups in total. The first kappa shape index (κ1) is 18.1. The SMILES string of the molecule is COc1c(C)cnc(CNC(=O)c2csc(Cc3ccccc3)n2)c1C. The number of amides is 1. The van der Waals surface area contributed by atoms with E-state index in [9.17, 15) is 4.79 Å². The third-order valence-corrected chi connectivity index (χ3v) is 5.00. The molecule has 0 radical (unpaired) electrons. The Morgan fingerprint density at radius 2 is 2.00 bits per heavy atom. The highest BCUT2D eigenvalue weighted by atomic mass is 32.1. The summed E-state index contributed by atoms with van der Waals surface area (Å²) < 4.78 is 5.40. The standard InChI is InChI=1S/C20H21N3O2S/c1-13-10-21-16(14(2)19(13)25-3)11-22-20(24)17-12-26-18(23-17)9-15-7-5-4-6-8-15/h4-8,10,12H,9,11H2,1-3H3,(H,22,24). The second kappa shape index (κ2) is 8.10. The molecule has 0 saturated heterocycles. The van der Waals surface area contributed by atoms with E-state index in [1.165, 1.54) is 16.9 Å². The summed E-state index contributed by atoms with van der Waals surface area (Å²) in [5, 5.41) is 5.61. The van der Waals surface area contributed by atoms with Crippen LogP contribution in [0.15, 0.2) is 41.9 Å². The number of nitrogens with one attached hydrogen (secondary N) is 1. The number of carbonyl (C=O) groups excluding carboxylic acids is 1. The van der Waals surface area contributed by atoms with Crippen LogP contribution in [0.4, 0.5) is 0 Å². The van der Waals surface area contributed by atoms with E-state index in [1.807, 2.05) is 32.0 Å². The number of nitrogens with zero attached hydrogens (tertiary/aromatic N) is 2. The fourth-order valence-corrected chi connectivity index (χ4v) is 3.58. The number of aryl methyl sites for hydroxylation is 1. The van der Waals surface area contributed by atoms with E-state index >= 15 is 0 Å². The minimum atomic E-state index is -0.193. The molecule has 0 aliphatic rings. The van der Waals surface area contributed by atoms with Gasteiger partial charge in [0.15, 0.2) is 0 Å². The molecule has 0 fully saturated rings. The largest absolute Gasteiger partial charge is 0.496 e. The molecule has 2 aromatic heterocycles. The molecule has 0 aliphatic carbocycles. The van der Waals surface area contributed by atoms with Gasteiger partial charge in [-0.3, -0.25) is 9.78 Å². The van der Waals surface area contributed by atoms with Crippen molar-refractivity contribution in [2.75, 3.05) is 7.11 Å². The molecule has 3 aromatic rings. The van der Waals surface area contributed by atoms with Crippen molar-refractivity contribution in [1.82, 2.24) is 15.3 Å². The average Bonchev–Trinajstić information content (AvgIpc) is 3.11. The fraction of sp³-hybridized carbons (Fsp3) is 0.250. The van der Waals surface area contributed by atoms with Gasteiger partial charge in [-0.15, -0.1) is 11.3 Å². The summed E-state index contributed by atoms with van der Waals surface area (Å²) in [5.74, 6) is 0.615. The first-order valence-electron chi connectivity index (χ1n) is 8.34. The number of ether oxygens (including phenoxy) is 1. The van der Waals surface area contributed by atoms with Crippen molar-refractivity contribution in [2.45, 2.75) is 26.8 Å². The number of pyridine rings is 1. The van der Waals surface area contributed by atoms with Gasteiger partial charge in [0.2, 0.25) is 0 Å². The topological polar surface area (TPSA) is 64.1 Å². The summed E-state index contributed by atoms with van der Waals surface area (Å²) in [6.07, 6.45) is 2.49. The second-order valence-corrected chi connectivity index (χ2v) is 6.96. The highest BCUT2D eigenvalue weighted by molar-refractivity contribution is 7.09. The predicted octanol–water partition coefficient (Wildman–Crippen LogP) is 3.68. The number of thiazole rings is 1. The van der Waals surface area contributed by atoms with Crippen molar-refractivity contribution >= 4 is 17.2 Å². The zero-order valence-electron chi connectivity index (χ0n) is 15.1. The molecule has 6 heteroatoms. The van der Waals surface area contributed by atoms with Gasteiger partial charge in [0.05, 0.1) is 24.4 Å². The molecule has 2 heterocycles. The van der Waals surface area contributed by atoms with Crippen LogP contribution in [-0.2, 0) is 13.0 Å². The van der Waals surface area contributed by atoms with Gasteiger partial charge in [-0.05, 0) is 19.4 Å². The molecule has 3 rings (SSSR count). The van der Waals surface area contributed by atoms with Crippen LogP contribution in [0.2, 0.25) is 0 Å². The van der Waals surface area contributed by atoms with Gasteiger partial charge in [0.1, 0.15) is 11.4 Å². The number of rotatable bonds is 6. The van der Waals surface area contributed by atoms with E-state index in [2.05, 4.69) is 27.4 Å². The van der Waals surface area contributed by atoms with E-state index in [4.69, 9.17) is 4.74 Å². The monoisotopic (exact) mass is 367 g/mol. The van der Waals surface area contributed by atoms with Crippen molar-refractivity contribution < 1.29 is 9.53 Å². The van der Waals surface area contributed by atoms with E-state index in [0.717, 1.165) is 34.0 Å². The Kier molecular flexibility index (Phi) is 5.63. The zero-order chi connectivity index (χ0) is 18.5. The minimum absolute atomic E-state index is 0.193.